The highest BCUT2D eigenvalue weighted by atomic mass is 79.9. The minimum atomic E-state index is 0.133. The Morgan fingerprint density at radius 2 is 2.13 bits per heavy atom. The number of halogens is 1. The number of carbonyl (C=O) groups excluding carboxylic acids is 1. The summed E-state index contributed by atoms with van der Waals surface area (Å²) in [5.41, 5.74) is 0. The van der Waals surface area contributed by atoms with Crippen molar-refractivity contribution in [3.8, 4) is 0 Å². The van der Waals surface area contributed by atoms with E-state index in [9.17, 15) is 4.79 Å². The minimum Gasteiger partial charge on any atom is -0.348 e. The van der Waals surface area contributed by atoms with Gasteiger partial charge in [0.1, 0.15) is 0 Å². The number of carbonyl (C=O) groups is 1. The van der Waals surface area contributed by atoms with E-state index < -0.39 is 0 Å². The third-order valence-electron chi connectivity index (χ3n) is 1.95. The molecule has 0 aliphatic heterocycles. The molecule has 0 saturated heterocycles. The molecule has 5 heteroatoms. The zero-order valence-electron chi connectivity index (χ0n) is 9.16. The van der Waals surface area contributed by atoms with Gasteiger partial charge < -0.3 is 4.90 Å². The van der Waals surface area contributed by atoms with Crippen molar-refractivity contribution in [2.24, 2.45) is 0 Å². The normalized spacial score (nSPS) is 10.7. The van der Waals surface area contributed by atoms with Crippen LogP contribution >= 0.6 is 27.3 Å². The Hall–Kier alpha value is -0.390. The first-order chi connectivity index (χ1) is 6.99. The second-order valence-corrected chi connectivity index (χ2v) is 5.60. The predicted molar refractivity (Wildman–Crippen MR) is 67.0 cm³/mol. The van der Waals surface area contributed by atoms with Crippen molar-refractivity contribution in [2.45, 2.75) is 6.54 Å². The summed E-state index contributed by atoms with van der Waals surface area (Å²) in [5, 5.41) is 2.05. The van der Waals surface area contributed by atoms with Gasteiger partial charge in [0.2, 0.25) is 5.91 Å². The zero-order valence-corrected chi connectivity index (χ0v) is 11.6. The number of nitrogens with zero attached hydrogens (tertiary/aromatic N) is 2. The monoisotopic (exact) mass is 290 g/mol. The lowest BCUT2D eigenvalue weighted by Crippen LogP contribution is -2.33. The zero-order chi connectivity index (χ0) is 11.4. The molecule has 1 heterocycles. The molecule has 1 aromatic rings. The van der Waals surface area contributed by atoms with E-state index in [1.165, 1.54) is 4.88 Å². The molecule has 0 spiro atoms. The van der Waals surface area contributed by atoms with E-state index in [1.54, 1.807) is 30.3 Å². The molecular formula is C10H15BrN2OS. The first-order valence-corrected chi connectivity index (χ1v) is 6.28. The van der Waals surface area contributed by atoms with Crippen molar-refractivity contribution in [1.82, 2.24) is 9.80 Å². The summed E-state index contributed by atoms with van der Waals surface area (Å²) in [4.78, 5) is 16.3. The van der Waals surface area contributed by atoms with Crippen LogP contribution in [0.15, 0.2) is 15.9 Å². The molecule has 3 nitrogen and oxygen atoms in total. The lowest BCUT2D eigenvalue weighted by molar-refractivity contribution is -0.129. The topological polar surface area (TPSA) is 23.6 Å². The lowest BCUT2D eigenvalue weighted by Gasteiger charge is -2.17. The van der Waals surface area contributed by atoms with Gasteiger partial charge in [-0.05, 0) is 29.0 Å². The van der Waals surface area contributed by atoms with E-state index in [0.717, 1.165) is 11.0 Å². The van der Waals surface area contributed by atoms with Gasteiger partial charge in [-0.3, -0.25) is 9.69 Å². The number of hydrogen-bond donors (Lipinski definition) is 0. The summed E-state index contributed by atoms with van der Waals surface area (Å²) < 4.78 is 1.11. The van der Waals surface area contributed by atoms with Crippen LogP contribution in [-0.4, -0.2) is 43.4 Å². The van der Waals surface area contributed by atoms with Gasteiger partial charge in [0.05, 0.1) is 6.54 Å². The van der Waals surface area contributed by atoms with Crippen LogP contribution in [0, 0.1) is 0 Å². The maximum Gasteiger partial charge on any atom is 0.236 e. The fourth-order valence-electron chi connectivity index (χ4n) is 1.13. The van der Waals surface area contributed by atoms with Gasteiger partial charge in [0, 0.05) is 35.4 Å². The Morgan fingerprint density at radius 3 is 2.60 bits per heavy atom. The van der Waals surface area contributed by atoms with Gasteiger partial charge in [-0.15, -0.1) is 11.3 Å². The van der Waals surface area contributed by atoms with Gasteiger partial charge in [0.25, 0.3) is 0 Å². The molecule has 0 fully saturated rings. The number of amides is 1. The van der Waals surface area contributed by atoms with Crippen LogP contribution in [0.3, 0.4) is 0 Å². The molecule has 0 unspecified atom stereocenters. The van der Waals surface area contributed by atoms with E-state index in [2.05, 4.69) is 27.4 Å². The van der Waals surface area contributed by atoms with Crippen molar-refractivity contribution in [2.75, 3.05) is 27.7 Å². The van der Waals surface area contributed by atoms with Crippen molar-refractivity contribution >= 4 is 33.2 Å². The van der Waals surface area contributed by atoms with Crippen molar-refractivity contribution in [3.05, 3.63) is 20.8 Å². The third kappa shape index (κ3) is 4.32. The van der Waals surface area contributed by atoms with Crippen LogP contribution in [0.25, 0.3) is 0 Å². The fraction of sp³-hybridized carbons (Fsp3) is 0.500. The summed E-state index contributed by atoms with van der Waals surface area (Å²) in [7, 11) is 5.50. The molecule has 0 aromatic carbocycles. The minimum absolute atomic E-state index is 0.133. The number of likely N-dealkylation sites (N-methyl/N-ethyl adjacent to an activating group) is 2. The van der Waals surface area contributed by atoms with Crippen LogP contribution in [0.1, 0.15) is 4.88 Å². The molecule has 0 radical (unpaired) electrons. The first-order valence-electron chi connectivity index (χ1n) is 4.60. The van der Waals surface area contributed by atoms with E-state index >= 15 is 0 Å². The second kappa shape index (κ2) is 5.63. The van der Waals surface area contributed by atoms with Crippen LogP contribution < -0.4 is 0 Å². The molecule has 0 N–H and O–H groups in total. The molecule has 0 atom stereocenters. The maximum absolute atomic E-state index is 11.4. The molecule has 0 aliphatic rings. The number of hydrogen-bond acceptors (Lipinski definition) is 3. The first kappa shape index (κ1) is 12.7. The van der Waals surface area contributed by atoms with Crippen LogP contribution in [0.5, 0.6) is 0 Å². The van der Waals surface area contributed by atoms with Crippen molar-refractivity contribution in [1.29, 1.82) is 0 Å². The van der Waals surface area contributed by atoms with E-state index in [0.29, 0.717) is 6.54 Å². The predicted octanol–water partition coefficient (Wildman–Crippen LogP) is 2.03. The third-order valence-corrected chi connectivity index (χ3v) is 3.63. The standard InChI is InChI=1S/C10H15BrN2OS/c1-12(2)10(14)6-13(3)5-9-4-8(11)7-15-9/h4,7H,5-6H2,1-3H3. The molecule has 15 heavy (non-hydrogen) atoms. The van der Waals surface area contributed by atoms with Crippen molar-refractivity contribution in [3.63, 3.8) is 0 Å². The van der Waals surface area contributed by atoms with Gasteiger partial charge in [-0.1, -0.05) is 0 Å². The Morgan fingerprint density at radius 1 is 1.47 bits per heavy atom. The smallest absolute Gasteiger partial charge is 0.236 e. The van der Waals surface area contributed by atoms with Gasteiger partial charge >= 0.3 is 0 Å². The molecule has 0 aliphatic carbocycles. The molecule has 1 rings (SSSR count). The molecule has 0 bridgehead atoms. The quantitative estimate of drug-likeness (QED) is 0.847. The number of thiophene rings is 1. The fourth-order valence-corrected chi connectivity index (χ4v) is 2.66. The van der Waals surface area contributed by atoms with Gasteiger partial charge in [0.15, 0.2) is 0 Å². The number of rotatable bonds is 4. The Balaban J connectivity index is 2.42. The average Bonchev–Trinajstić information content (AvgIpc) is 2.50. The molecule has 1 aromatic heterocycles. The Labute approximate surface area is 103 Å². The van der Waals surface area contributed by atoms with E-state index in [-0.39, 0.29) is 5.91 Å². The van der Waals surface area contributed by atoms with Gasteiger partial charge in [-0.2, -0.15) is 0 Å². The van der Waals surface area contributed by atoms with E-state index in [1.807, 2.05) is 11.9 Å². The Bertz CT molecular complexity index is 338. The summed E-state index contributed by atoms with van der Waals surface area (Å²) in [5.74, 6) is 0.133. The highest BCUT2D eigenvalue weighted by Gasteiger charge is 2.09. The van der Waals surface area contributed by atoms with Crippen LogP contribution in [-0.2, 0) is 11.3 Å². The average molecular weight is 291 g/mol. The van der Waals surface area contributed by atoms with E-state index in [4.69, 9.17) is 0 Å². The lowest BCUT2D eigenvalue weighted by atomic mass is 10.4. The maximum atomic E-state index is 11.4. The summed E-state index contributed by atoms with van der Waals surface area (Å²) in [6, 6.07) is 2.08. The highest BCUT2D eigenvalue weighted by Crippen LogP contribution is 2.20. The summed E-state index contributed by atoms with van der Waals surface area (Å²) in [6.45, 7) is 1.28. The molecule has 0 saturated carbocycles. The molecule has 84 valence electrons. The van der Waals surface area contributed by atoms with Gasteiger partial charge in [-0.25, -0.2) is 0 Å². The SMILES string of the molecule is CN(CC(=O)N(C)C)Cc1cc(Br)cs1. The molecule has 1 amide bonds. The van der Waals surface area contributed by atoms with Crippen LogP contribution in [0.2, 0.25) is 0 Å². The molecular weight excluding hydrogens is 276 g/mol. The van der Waals surface area contributed by atoms with Crippen LogP contribution in [0.4, 0.5) is 0 Å². The largest absolute Gasteiger partial charge is 0.348 e. The Kier molecular flexibility index (Phi) is 4.76. The van der Waals surface area contributed by atoms with Crippen molar-refractivity contribution < 1.29 is 4.79 Å². The summed E-state index contributed by atoms with van der Waals surface area (Å²) >= 11 is 5.11. The summed E-state index contributed by atoms with van der Waals surface area (Å²) in [6.07, 6.45) is 0. The highest BCUT2D eigenvalue weighted by molar-refractivity contribution is 9.10. The second-order valence-electron chi connectivity index (χ2n) is 3.69.